The molecule has 4 aliphatic rings. The van der Waals surface area contributed by atoms with Gasteiger partial charge in [-0.05, 0) is 62.7 Å². The van der Waals surface area contributed by atoms with Crippen molar-refractivity contribution in [2.45, 2.75) is 50.5 Å². The monoisotopic (exact) mass is 232 g/mol. The van der Waals surface area contributed by atoms with Gasteiger partial charge in [-0.2, -0.15) is 0 Å². The SMILES string of the molecule is O=C(OC12CCC(CC1)C2)C1CC2C=CC1C2. The smallest absolute Gasteiger partial charge is 0.310 e. The molecule has 0 heterocycles. The Kier molecular flexibility index (Phi) is 2.01. The van der Waals surface area contributed by atoms with Crippen LogP contribution in [0, 0.1) is 23.7 Å². The summed E-state index contributed by atoms with van der Waals surface area (Å²) in [5.41, 5.74) is -0.0344. The van der Waals surface area contributed by atoms with Gasteiger partial charge in [0.25, 0.3) is 0 Å². The number of esters is 1. The van der Waals surface area contributed by atoms with E-state index in [-0.39, 0.29) is 17.5 Å². The molecule has 0 amide bonds. The van der Waals surface area contributed by atoms with Gasteiger partial charge >= 0.3 is 5.97 Å². The van der Waals surface area contributed by atoms with Crippen LogP contribution in [0.25, 0.3) is 0 Å². The normalized spacial score (nSPS) is 50.1. The molecule has 0 aromatic rings. The number of rotatable bonds is 2. The fraction of sp³-hybridized carbons (Fsp3) is 0.800. The second-order valence-corrected chi connectivity index (χ2v) is 6.64. The van der Waals surface area contributed by atoms with Crippen molar-refractivity contribution < 1.29 is 9.53 Å². The molecule has 0 aromatic carbocycles. The van der Waals surface area contributed by atoms with Crippen molar-refractivity contribution in [2.24, 2.45) is 23.7 Å². The van der Waals surface area contributed by atoms with Crippen molar-refractivity contribution in [1.82, 2.24) is 0 Å². The molecule has 0 saturated heterocycles. The molecule has 17 heavy (non-hydrogen) atoms. The Hall–Kier alpha value is -0.790. The van der Waals surface area contributed by atoms with Crippen molar-refractivity contribution in [2.75, 3.05) is 0 Å². The van der Waals surface area contributed by atoms with Crippen molar-refractivity contribution in [3.63, 3.8) is 0 Å². The van der Waals surface area contributed by atoms with Gasteiger partial charge in [0.05, 0.1) is 5.92 Å². The quantitative estimate of drug-likeness (QED) is 0.540. The van der Waals surface area contributed by atoms with E-state index in [4.69, 9.17) is 4.74 Å². The molecule has 3 unspecified atom stereocenters. The van der Waals surface area contributed by atoms with E-state index in [2.05, 4.69) is 12.2 Å². The lowest BCUT2D eigenvalue weighted by Gasteiger charge is -2.29. The van der Waals surface area contributed by atoms with Crippen LogP contribution in [-0.2, 0) is 9.53 Å². The Labute approximate surface area is 102 Å². The number of allylic oxidation sites excluding steroid dienone is 2. The number of hydrogen-bond donors (Lipinski definition) is 0. The van der Waals surface area contributed by atoms with E-state index in [1.54, 1.807) is 0 Å². The predicted molar refractivity (Wildman–Crippen MR) is 64.2 cm³/mol. The summed E-state index contributed by atoms with van der Waals surface area (Å²) in [6.45, 7) is 0. The molecular formula is C15H20O2. The molecule has 4 rings (SSSR count). The third-order valence-electron chi connectivity index (χ3n) is 5.58. The first kappa shape index (κ1) is 10.2. The molecule has 2 heteroatoms. The Balaban J connectivity index is 1.46. The highest BCUT2D eigenvalue weighted by Gasteiger charge is 2.50. The highest BCUT2D eigenvalue weighted by Crippen LogP contribution is 2.51. The molecule has 4 bridgehead atoms. The van der Waals surface area contributed by atoms with E-state index in [0.29, 0.717) is 11.8 Å². The maximum atomic E-state index is 12.3. The maximum absolute atomic E-state index is 12.3. The predicted octanol–water partition coefficient (Wildman–Crippen LogP) is 3.07. The Morgan fingerprint density at radius 1 is 1.18 bits per heavy atom. The summed E-state index contributed by atoms with van der Waals surface area (Å²) in [5, 5.41) is 0. The van der Waals surface area contributed by atoms with Gasteiger partial charge in [0, 0.05) is 0 Å². The molecule has 0 N–H and O–H groups in total. The second-order valence-electron chi connectivity index (χ2n) is 6.64. The average molecular weight is 232 g/mol. The van der Waals surface area contributed by atoms with E-state index in [1.165, 1.54) is 19.3 Å². The Bertz CT molecular complexity index is 376. The zero-order chi connectivity index (χ0) is 11.5. The largest absolute Gasteiger partial charge is 0.459 e. The summed E-state index contributed by atoms with van der Waals surface area (Å²) >= 11 is 0. The van der Waals surface area contributed by atoms with Crippen LogP contribution in [0.4, 0.5) is 0 Å². The van der Waals surface area contributed by atoms with Crippen molar-refractivity contribution in [3.8, 4) is 0 Å². The minimum Gasteiger partial charge on any atom is -0.459 e. The van der Waals surface area contributed by atoms with Gasteiger partial charge in [0.1, 0.15) is 5.60 Å². The first-order valence-corrected chi connectivity index (χ1v) is 7.15. The first-order valence-electron chi connectivity index (χ1n) is 7.15. The number of carbonyl (C=O) groups is 1. The average Bonchev–Trinajstić information content (AvgIpc) is 3.08. The fourth-order valence-electron chi connectivity index (χ4n) is 4.62. The minimum absolute atomic E-state index is 0.0344. The van der Waals surface area contributed by atoms with Gasteiger partial charge in [-0.1, -0.05) is 12.2 Å². The number of fused-ring (bicyclic) bond motifs is 4. The maximum Gasteiger partial charge on any atom is 0.310 e. The molecule has 0 radical (unpaired) electrons. The molecular weight excluding hydrogens is 212 g/mol. The first-order chi connectivity index (χ1) is 8.24. The van der Waals surface area contributed by atoms with Crippen molar-refractivity contribution in [1.29, 1.82) is 0 Å². The summed E-state index contributed by atoms with van der Waals surface area (Å²) in [5.74, 6) is 2.30. The lowest BCUT2D eigenvalue weighted by atomic mass is 9.92. The van der Waals surface area contributed by atoms with E-state index < -0.39 is 0 Å². The van der Waals surface area contributed by atoms with Crippen LogP contribution >= 0.6 is 0 Å². The van der Waals surface area contributed by atoms with Crippen molar-refractivity contribution in [3.05, 3.63) is 12.2 Å². The Morgan fingerprint density at radius 3 is 2.53 bits per heavy atom. The molecule has 4 aliphatic carbocycles. The Morgan fingerprint density at radius 2 is 2.00 bits per heavy atom. The van der Waals surface area contributed by atoms with Crippen molar-refractivity contribution >= 4 is 5.97 Å². The van der Waals surface area contributed by atoms with Crippen LogP contribution in [0.15, 0.2) is 12.2 Å². The highest BCUT2D eigenvalue weighted by molar-refractivity contribution is 5.74. The fourth-order valence-corrected chi connectivity index (χ4v) is 4.62. The van der Waals surface area contributed by atoms with Gasteiger partial charge in [0.2, 0.25) is 0 Å². The summed E-state index contributed by atoms with van der Waals surface area (Å²) in [6, 6.07) is 0. The molecule has 3 fully saturated rings. The minimum atomic E-state index is -0.0344. The summed E-state index contributed by atoms with van der Waals surface area (Å²) in [6.07, 6.45) is 12.7. The van der Waals surface area contributed by atoms with Crippen LogP contribution in [0.2, 0.25) is 0 Å². The van der Waals surface area contributed by atoms with Crippen LogP contribution in [0.5, 0.6) is 0 Å². The van der Waals surface area contributed by atoms with E-state index >= 15 is 0 Å². The van der Waals surface area contributed by atoms with E-state index in [0.717, 1.165) is 31.6 Å². The van der Waals surface area contributed by atoms with Gasteiger partial charge < -0.3 is 4.74 Å². The lowest BCUT2D eigenvalue weighted by Crippen LogP contribution is -2.34. The molecule has 0 aromatic heterocycles. The number of hydrogen-bond acceptors (Lipinski definition) is 2. The van der Waals surface area contributed by atoms with Crippen LogP contribution in [0.3, 0.4) is 0 Å². The van der Waals surface area contributed by atoms with E-state index in [1.807, 2.05) is 0 Å². The van der Waals surface area contributed by atoms with Crippen LogP contribution < -0.4 is 0 Å². The molecule has 3 saturated carbocycles. The highest BCUT2D eigenvalue weighted by atomic mass is 16.6. The topological polar surface area (TPSA) is 26.3 Å². The van der Waals surface area contributed by atoms with Gasteiger partial charge in [0.15, 0.2) is 0 Å². The van der Waals surface area contributed by atoms with Gasteiger partial charge in [-0.15, -0.1) is 0 Å². The number of ether oxygens (including phenoxy) is 1. The molecule has 0 spiro atoms. The molecule has 0 aliphatic heterocycles. The third-order valence-corrected chi connectivity index (χ3v) is 5.58. The van der Waals surface area contributed by atoms with Gasteiger partial charge in [-0.25, -0.2) is 0 Å². The van der Waals surface area contributed by atoms with Crippen LogP contribution in [0.1, 0.15) is 44.9 Å². The molecule has 2 nitrogen and oxygen atoms in total. The third kappa shape index (κ3) is 1.49. The number of carbonyl (C=O) groups excluding carboxylic acids is 1. The molecule has 3 atom stereocenters. The van der Waals surface area contributed by atoms with Gasteiger partial charge in [-0.3, -0.25) is 4.79 Å². The zero-order valence-electron chi connectivity index (χ0n) is 10.2. The van der Waals surface area contributed by atoms with Crippen LogP contribution in [-0.4, -0.2) is 11.6 Å². The molecule has 92 valence electrons. The summed E-state index contributed by atoms with van der Waals surface area (Å²) < 4.78 is 5.95. The summed E-state index contributed by atoms with van der Waals surface area (Å²) in [4.78, 5) is 12.3. The second kappa shape index (κ2) is 3.37. The summed E-state index contributed by atoms with van der Waals surface area (Å²) in [7, 11) is 0. The zero-order valence-corrected chi connectivity index (χ0v) is 10.2. The van der Waals surface area contributed by atoms with E-state index in [9.17, 15) is 4.79 Å². The lowest BCUT2D eigenvalue weighted by molar-refractivity contribution is -0.165. The standard InChI is InChI=1S/C15H20O2/c16-14(13-8-11-1-2-12(13)7-11)17-15-5-3-10(9-15)4-6-15/h1-2,10-13H,3-9H2.